The molecule has 0 saturated carbocycles. The van der Waals surface area contributed by atoms with Gasteiger partial charge in [-0.1, -0.05) is 12.1 Å². The molecule has 3 heterocycles. The van der Waals surface area contributed by atoms with E-state index in [-0.39, 0.29) is 0 Å². The monoisotopic (exact) mass is 225 g/mol. The molecule has 17 heavy (non-hydrogen) atoms. The van der Waals surface area contributed by atoms with Crippen molar-refractivity contribution >= 4 is 5.65 Å². The van der Waals surface area contributed by atoms with Crippen molar-refractivity contribution in [2.75, 3.05) is 0 Å². The largest absolute Gasteiger partial charge is 0.326 e. The maximum atomic E-state index is 5.58. The fourth-order valence-electron chi connectivity index (χ4n) is 1.65. The first-order chi connectivity index (χ1) is 8.36. The Bertz CT molecular complexity index is 644. The summed E-state index contributed by atoms with van der Waals surface area (Å²) >= 11 is 0. The number of aromatic nitrogens is 4. The fourth-order valence-corrected chi connectivity index (χ4v) is 1.65. The van der Waals surface area contributed by atoms with Gasteiger partial charge in [0.25, 0.3) is 0 Å². The Kier molecular flexibility index (Phi) is 2.31. The van der Waals surface area contributed by atoms with Crippen LogP contribution in [0, 0.1) is 0 Å². The van der Waals surface area contributed by atoms with E-state index >= 15 is 0 Å². The van der Waals surface area contributed by atoms with Gasteiger partial charge in [0.1, 0.15) is 5.69 Å². The van der Waals surface area contributed by atoms with Crippen LogP contribution in [0.25, 0.3) is 17.2 Å². The van der Waals surface area contributed by atoms with Gasteiger partial charge >= 0.3 is 0 Å². The van der Waals surface area contributed by atoms with Crippen LogP contribution in [-0.4, -0.2) is 19.6 Å². The number of pyridine rings is 2. The molecule has 0 aromatic carbocycles. The molecule has 0 spiro atoms. The number of rotatable bonds is 2. The lowest BCUT2D eigenvalue weighted by atomic mass is 10.3. The number of hydrogen-bond acceptors (Lipinski definition) is 4. The molecule has 0 aliphatic carbocycles. The second-order valence-corrected chi connectivity index (χ2v) is 3.69. The smallest absolute Gasteiger partial charge is 0.200 e. The van der Waals surface area contributed by atoms with E-state index in [9.17, 15) is 0 Å². The van der Waals surface area contributed by atoms with Gasteiger partial charge in [-0.2, -0.15) is 0 Å². The number of nitrogens with zero attached hydrogens (tertiary/aromatic N) is 4. The van der Waals surface area contributed by atoms with Gasteiger partial charge in [0.05, 0.1) is 0 Å². The highest BCUT2D eigenvalue weighted by Gasteiger charge is 2.06. The molecule has 0 aliphatic rings. The van der Waals surface area contributed by atoms with Crippen LogP contribution in [0.2, 0.25) is 0 Å². The van der Waals surface area contributed by atoms with E-state index < -0.39 is 0 Å². The standard InChI is InChI=1S/C12H11N5/c13-7-9-4-5-11-15-12(16-17(11)8-9)10-3-1-2-6-14-10/h1-6,8H,7,13H2. The molecule has 0 unspecified atom stereocenters. The Balaban J connectivity index is 2.14. The first-order valence-electron chi connectivity index (χ1n) is 5.33. The normalized spacial score (nSPS) is 10.9. The van der Waals surface area contributed by atoms with Crippen molar-refractivity contribution in [1.82, 2.24) is 19.6 Å². The third-order valence-corrected chi connectivity index (χ3v) is 2.52. The summed E-state index contributed by atoms with van der Waals surface area (Å²) in [6, 6.07) is 9.53. The number of nitrogens with two attached hydrogens (primary N) is 1. The molecule has 0 amide bonds. The second kappa shape index (κ2) is 3.95. The lowest BCUT2D eigenvalue weighted by molar-refractivity contribution is 0.928. The van der Waals surface area contributed by atoms with Crippen molar-refractivity contribution in [2.45, 2.75) is 6.54 Å². The van der Waals surface area contributed by atoms with E-state index in [4.69, 9.17) is 5.73 Å². The highest BCUT2D eigenvalue weighted by Crippen LogP contribution is 2.13. The molecular formula is C12H11N5. The lowest BCUT2D eigenvalue weighted by Crippen LogP contribution is -1.98. The molecule has 0 bridgehead atoms. The van der Waals surface area contributed by atoms with Gasteiger partial charge in [-0.05, 0) is 23.8 Å². The van der Waals surface area contributed by atoms with Crippen LogP contribution in [-0.2, 0) is 6.54 Å². The molecular weight excluding hydrogens is 214 g/mol. The average Bonchev–Trinajstić information content (AvgIpc) is 2.82. The molecule has 5 nitrogen and oxygen atoms in total. The maximum Gasteiger partial charge on any atom is 0.200 e. The van der Waals surface area contributed by atoms with E-state index in [2.05, 4.69) is 15.1 Å². The Hall–Kier alpha value is -2.27. The molecule has 0 aliphatic heterocycles. The molecule has 3 aromatic heterocycles. The van der Waals surface area contributed by atoms with Crippen molar-refractivity contribution in [3.8, 4) is 11.5 Å². The molecule has 0 atom stereocenters. The van der Waals surface area contributed by atoms with Crippen molar-refractivity contribution in [1.29, 1.82) is 0 Å². The van der Waals surface area contributed by atoms with Gasteiger partial charge in [0, 0.05) is 18.9 Å². The minimum atomic E-state index is 0.495. The van der Waals surface area contributed by atoms with Gasteiger partial charge in [-0.15, -0.1) is 5.10 Å². The molecule has 3 rings (SSSR count). The zero-order valence-corrected chi connectivity index (χ0v) is 9.11. The maximum absolute atomic E-state index is 5.58. The first kappa shape index (κ1) is 9.92. The van der Waals surface area contributed by atoms with Gasteiger partial charge in [-0.3, -0.25) is 4.98 Å². The minimum Gasteiger partial charge on any atom is -0.326 e. The fraction of sp³-hybridized carbons (Fsp3) is 0.0833. The van der Waals surface area contributed by atoms with Crippen LogP contribution in [0.5, 0.6) is 0 Å². The highest BCUT2D eigenvalue weighted by molar-refractivity contribution is 5.53. The van der Waals surface area contributed by atoms with E-state index in [1.165, 1.54) is 0 Å². The predicted molar refractivity (Wildman–Crippen MR) is 64.1 cm³/mol. The molecule has 5 heteroatoms. The Morgan fingerprint density at radius 3 is 2.88 bits per heavy atom. The van der Waals surface area contributed by atoms with Crippen LogP contribution in [0.4, 0.5) is 0 Å². The third-order valence-electron chi connectivity index (χ3n) is 2.52. The van der Waals surface area contributed by atoms with Gasteiger partial charge in [0.2, 0.25) is 5.82 Å². The van der Waals surface area contributed by atoms with E-state index in [0.717, 1.165) is 16.9 Å². The zero-order chi connectivity index (χ0) is 11.7. The second-order valence-electron chi connectivity index (χ2n) is 3.69. The SMILES string of the molecule is NCc1ccc2nc(-c3ccccn3)nn2c1. The van der Waals surface area contributed by atoms with Crippen molar-refractivity contribution in [3.05, 3.63) is 48.3 Å². The molecule has 2 N–H and O–H groups in total. The van der Waals surface area contributed by atoms with Crippen LogP contribution >= 0.6 is 0 Å². The van der Waals surface area contributed by atoms with E-state index in [0.29, 0.717) is 12.4 Å². The summed E-state index contributed by atoms with van der Waals surface area (Å²) in [6.45, 7) is 0.495. The summed E-state index contributed by atoms with van der Waals surface area (Å²) in [5.41, 5.74) is 8.17. The van der Waals surface area contributed by atoms with Gasteiger partial charge in [0.15, 0.2) is 5.65 Å². The zero-order valence-electron chi connectivity index (χ0n) is 9.11. The molecule has 3 aromatic rings. The Morgan fingerprint density at radius 2 is 2.12 bits per heavy atom. The lowest BCUT2D eigenvalue weighted by Gasteiger charge is -1.95. The van der Waals surface area contributed by atoms with Gasteiger partial charge in [-0.25, -0.2) is 9.50 Å². The summed E-state index contributed by atoms with van der Waals surface area (Å²) in [5, 5.41) is 4.38. The highest BCUT2D eigenvalue weighted by atomic mass is 15.3. The summed E-state index contributed by atoms with van der Waals surface area (Å²) in [5.74, 6) is 0.625. The third kappa shape index (κ3) is 1.76. The molecule has 0 saturated heterocycles. The summed E-state index contributed by atoms with van der Waals surface area (Å²) in [4.78, 5) is 8.63. The number of hydrogen-bond donors (Lipinski definition) is 1. The van der Waals surface area contributed by atoms with Crippen molar-refractivity contribution in [3.63, 3.8) is 0 Å². The van der Waals surface area contributed by atoms with Crippen LogP contribution in [0.3, 0.4) is 0 Å². The van der Waals surface area contributed by atoms with E-state index in [1.807, 2.05) is 36.5 Å². The van der Waals surface area contributed by atoms with E-state index in [1.54, 1.807) is 10.7 Å². The van der Waals surface area contributed by atoms with Crippen LogP contribution < -0.4 is 5.73 Å². The Morgan fingerprint density at radius 1 is 1.18 bits per heavy atom. The summed E-state index contributed by atoms with van der Waals surface area (Å²) < 4.78 is 1.73. The Labute approximate surface area is 97.9 Å². The summed E-state index contributed by atoms with van der Waals surface area (Å²) in [6.07, 6.45) is 3.61. The van der Waals surface area contributed by atoms with Gasteiger partial charge < -0.3 is 5.73 Å². The van der Waals surface area contributed by atoms with Crippen molar-refractivity contribution < 1.29 is 0 Å². The average molecular weight is 225 g/mol. The quantitative estimate of drug-likeness (QED) is 0.712. The molecule has 0 radical (unpaired) electrons. The van der Waals surface area contributed by atoms with Crippen molar-refractivity contribution in [2.24, 2.45) is 5.73 Å². The molecule has 0 fully saturated rings. The predicted octanol–water partition coefficient (Wildman–Crippen LogP) is 1.25. The number of fused-ring (bicyclic) bond motifs is 1. The first-order valence-corrected chi connectivity index (χ1v) is 5.33. The van der Waals surface area contributed by atoms with Crippen LogP contribution in [0.15, 0.2) is 42.7 Å². The molecule has 84 valence electrons. The summed E-state index contributed by atoms with van der Waals surface area (Å²) in [7, 11) is 0. The minimum absolute atomic E-state index is 0.495. The topological polar surface area (TPSA) is 69.1 Å². The van der Waals surface area contributed by atoms with Crippen LogP contribution in [0.1, 0.15) is 5.56 Å².